The molecule has 0 radical (unpaired) electrons. The highest BCUT2D eigenvalue weighted by molar-refractivity contribution is 7.80. The minimum absolute atomic E-state index is 0.289. The van der Waals surface area contributed by atoms with Crippen molar-refractivity contribution in [3.8, 4) is 0 Å². The first kappa shape index (κ1) is 14.8. The molecule has 0 saturated carbocycles. The Morgan fingerprint density at radius 1 is 1.61 bits per heavy atom. The Kier molecular flexibility index (Phi) is 5.94. The monoisotopic (exact) mass is 267 g/mol. The number of likely N-dealkylation sites (N-methyl/N-ethyl adjacent to an activating group) is 1. The number of thiocarbonyl (C=S) groups is 1. The zero-order valence-electron chi connectivity index (χ0n) is 11.2. The van der Waals surface area contributed by atoms with Gasteiger partial charge >= 0.3 is 0 Å². The van der Waals surface area contributed by atoms with Crippen molar-refractivity contribution in [3.63, 3.8) is 0 Å². The van der Waals surface area contributed by atoms with Crippen LogP contribution in [0.15, 0.2) is 12.3 Å². The molecular formula is C12H21N5S. The van der Waals surface area contributed by atoms with E-state index in [2.05, 4.69) is 41.1 Å². The average Bonchev–Trinajstić information content (AvgIpc) is 2.38. The van der Waals surface area contributed by atoms with Crippen LogP contribution in [0.5, 0.6) is 0 Å². The molecule has 0 aliphatic carbocycles. The summed E-state index contributed by atoms with van der Waals surface area (Å²) >= 11 is 4.88. The molecule has 1 atom stereocenters. The third kappa shape index (κ3) is 4.54. The van der Waals surface area contributed by atoms with Crippen LogP contribution >= 0.6 is 12.2 Å². The van der Waals surface area contributed by atoms with Crippen LogP contribution in [-0.2, 0) is 0 Å². The Bertz CT molecular complexity index is 396. The molecule has 3 N–H and O–H groups in total. The zero-order valence-corrected chi connectivity index (χ0v) is 12.0. The van der Waals surface area contributed by atoms with E-state index in [1.807, 2.05) is 0 Å². The molecule has 18 heavy (non-hydrogen) atoms. The lowest BCUT2D eigenvalue weighted by Gasteiger charge is -2.23. The molecular weight excluding hydrogens is 246 g/mol. The summed E-state index contributed by atoms with van der Waals surface area (Å²) in [5, 5.41) is 3.17. The molecule has 0 aromatic carbocycles. The predicted octanol–water partition coefficient (Wildman–Crippen LogP) is 1.25. The fraction of sp³-hybridized carbons (Fsp3) is 0.583. The van der Waals surface area contributed by atoms with E-state index in [9.17, 15) is 0 Å². The number of nitrogens with two attached hydrogens (primary N) is 1. The summed E-state index contributed by atoms with van der Waals surface area (Å²) in [5.41, 5.74) is 6.12. The average molecular weight is 267 g/mol. The summed E-state index contributed by atoms with van der Waals surface area (Å²) in [6, 6.07) is 2.29. The van der Waals surface area contributed by atoms with Gasteiger partial charge in [0.1, 0.15) is 10.7 Å². The molecule has 1 heterocycles. The van der Waals surface area contributed by atoms with Gasteiger partial charge in [-0.2, -0.15) is 0 Å². The third-order valence-corrected chi connectivity index (χ3v) is 3.21. The molecule has 0 aliphatic rings. The third-order valence-electron chi connectivity index (χ3n) is 3.00. The molecule has 1 rings (SSSR count). The smallest absolute Gasteiger partial charge is 0.223 e. The number of nitrogens with one attached hydrogen (secondary N) is 1. The van der Waals surface area contributed by atoms with Crippen LogP contribution in [-0.4, -0.2) is 46.0 Å². The van der Waals surface area contributed by atoms with Crippen molar-refractivity contribution in [2.75, 3.05) is 25.5 Å². The van der Waals surface area contributed by atoms with Gasteiger partial charge in [-0.15, -0.1) is 0 Å². The quantitative estimate of drug-likeness (QED) is 0.725. The van der Waals surface area contributed by atoms with Gasteiger partial charge < -0.3 is 16.0 Å². The fourth-order valence-electron chi connectivity index (χ4n) is 1.46. The van der Waals surface area contributed by atoms with Gasteiger partial charge in [-0.05, 0) is 26.5 Å². The minimum Gasteiger partial charge on any atom is -0.388 e. The second-order valence-electron chi connectivity index (χ2n) is 4.29. The highest BCUT2D eigenvalue weighted by Crippen LogP contribution is 2.02. The zero-order chi connectivity index (χ0) is 13.5. The van der Waals surface area contributed by atoms with Crippen molar-refractivity contribution in [3.05, 3.63) is 18.0 Å². The fourth-order valence-corrected chi connectivity index (χ4v) is 1.57. The summed E-state index contributed by atoms with van der Waals surface area (Å²) in [6.07, 6.45) is 2.80. The molecule has 5 nitrogen and oxygen atoms in total. The SMILES string of the molecule is CCC(C)N(C)CCNc1nccc(C(N)=S)n1. The molecule has 6 heteroatoms. The van der Waals surface area contributed by atoms with E-state index in [-0.39, 0.29) is 4.99 Å². The lowest BCUT2D eigenvalue weighted by Crippen LogP contribution is -2.33. The maximum atomic E-state index is 5.52. The van der Waals surface area contributed by atoms with Crippen molar-refractivity contribution < 1.29 is 0 Å². The van der Waals surface area contributed by atoms with Crippen molar-refractivity contribution in [2.24, 2.45) is 5.73 Å². The lowest BCUT2D eigenvalue weighted by molar-refractivity contribution is 0.261. The largest absolute Gasteiger partial charge is 0.388 e. The van der Waals surface area contributed by atoms with Crippen LogP contribution in [0.25, 0.3) is 0 Å². The maximum Gasteiger partial charge on any atom is 0.223 e. The van der Waals surface area contributed by atoms with E-state index >= 15 is 0 Å². The van der Waals surface area contributed by atoms with E-state index in [1.54, 1.807) is 12.3 Å². The van der Waals surface area contributed by atoms with Crippen LogP contribution in [0.2, 0.25) is 0 Å². The second-order valence-corrected chi connectivity index (χ2v) is 4.73. The molecule has 1 aromatic rings. The highest BCUT2D eigenvalue weighted by Gasteiger charge is 2.06. The van der Waals surface area contributed by atoms with Crippen LogP contribution < -0.4 is 11.1 Å². The van der Waals surface area contributed by atoms with E-state index in [4.69, 9.17) is 18.0 Å². The number of rotatable bonds is 7. The molecule has 100 valence electrons. The standard InChI is InChI=1S/C12H21N5S/c1-4-9(2)17(3)8-7-15-12-14-6-5-10(16-12)11(13)18/h5-6,9H,4,7-8H2,1-3H3,(H2,13,18)(H,14,15,16). The second kappa shape index (κ2) is 7.23. The Morgan fingerprint density at radius 3 is 2.94 bits per heavy atom. The van der Waals surface area contributed by atoms with Gasteiger partial charge in [0.15, 0.2) is 0 Å². The van der Waals surface area contributed by atoms with Gasteiger partial charge in [-0.25, -0.2) is 9.97 Å². The van der Waals surface area contributed by atoms with Crippen molar-refractivity contribution in [1.29, 1.82) is 0 Å². The van der Waals surface area contributed by atoms with E-state index < -0.39 is 0 Å². The first-order chi connectivity index (χ1) is 8.54. The first-order valence-electron chi connectivity index (χ1n) is 6.11. The number of hydrogen-bond acceptors (Lipinski definition) is 5. The summed E-state index contributed by atoms with van der Waals surface area (Å²) in [6.45, 7) is 6.13. The van der Waals surface area contributed by atoms with Crippen molar-refractivity contribution in [2.45, 2.75) is 26.3 Å². The van der Waals surface area contributed by atoms with Crippen LogP contribution in [0, 0.1) is 0 Å². The summed E-state index contributed by atoms with van der Waals surface area (Å²) in [7, 11) is 2.11. The molecule has 0 aliphatic heterocycles. The van der Waals surface area contributed by atoms with Gasteiger partial charge in [0.05, 0.1) is 0 Å². The number of aromatic nitrogens is 2. The molecule has 0 bridgehead atoms. The molecule has 1 aromatic heterocycles. The number of hydrogen-bond donors (Lipinski definition) is 2. The molecule has 0 saturated heterocycles. The summed E-state index contributed by atoms with van der Waals surface area (Å²) in [5.74, 6) is 0.567. The lowest BCUT2D eigenvalue weighted by atomic mass is 10.2. The van der Waals surface area contributed by atoms with E-state index in [0.29, 0.717) is 17.7 Å². The van der Waals surface area contributed by atoms with Crippen LogP contribution in [0.4, 0.5) is 5.95 Å². The molecule has 0 spiro atoms. The Morgan fingerprint density at radius 2 is 2.33 bits per heavy atom. The highest BCUT2D eigenvalue weighted by atomic mass is 32.1. The van der Waals surface area contributed by atoms with Crippen molar-refractivity contribution in [1.82, 2.24) is 14.9 Å². The van der Waals surface area contributed by atoms with E-state index in [0.717, 1.165) is 19.5 Å². The maximum absolute atomic E-state index is 5.52. The van der Waals surface area contributed by atoms with Crippen LogP contribution in [0.1, 0.15) is 26.0 Å². The summed E-state index contributed by atoms with van der Waals surface area (Å²) in [4.78, 5) is 10.9. The number of anilines is 1. The predicted molar refractivity (Wildman–Crippen MR) is 78.8 cm³/mol. The topological polar surface area (TPSA) is 67.1 Å². The summed E-state index contributed by atoms with van der Waals surface area (Å²) < 4.78 is 0. The van der Waals surface area contributed by atoms with E-state index in [1.165, 1.54) is 0 Å². The first-order valence-corrected chi connectivity index (χ1v) is 6.52. The Labute approximate surface area is 114 Å². The van der Waals surface area contributed by atoms with Gasteiger partial charge in [0.25, 0.3) is 0 Å². The normalized spacial score (nSPS) is 12.4. The minimum atomic E-state index is 0.289. The van der Waals surface area contributed by atoms with Gasteiger partial charge in [0, 0.05) is 25.3 Å². The Hall–Kier alpha value is -1.27. The van der Waals surface area contributed by atoms with Crippen molar-refractivity contribution >= 4 is 23.2 Å². The number of nitrogens with zero attached hydrogens (tertiary/aromatic N) is 3. The van der Waals surface area contributed by atoms with Gasteiger partial charge in [-0.1, -0.05) is 19.1 Å². The van der Waals surface area contributed by atoms with Crippen LogP contribution in [0.3, 0.4) is 0 Å². The molecule has 0 fully saturated rings. The van der Waals surface area contributed by atoms with Gasteiger partial charge in [-0.3, -0.25) is 0 Å². The van der Waals surface area contributed by atoms with Gasteiger partial charge in [0.2, 0.25) is 5.95 Å². The molecule has 1 unspecified atom stereocenters. The molecule has 0 amide bonds. The Balaban J connectivity index is 2.44.